The van der Waals surface area contributed by atoms with Gasteiger partial charge >= 0.3 is 0 Å². The minimum atomic E-state index is -0.408. The van der Waals surface area contributed by atoms with Gasteiger partial charge in [-0.1, -0.05) is 42.5 Å². The molecule has 6 rings (SSSR count). The smallest absolute Gasteiger partial charge is 0.264 e. The van der Waals surface area contributed by atoms with Crippen molar-refractivity contribution >= 4 is 22.7 Å². The largest absolute Gasteiger partial charge is 0.497 e. The monoisotopic (exact) mass is 522 g/mol. The number of halogens is 1. The van der Waals surface area contributed by atoms with E-state index in [0.717, 1.165) is 16.8 Å². The number of hydrogen-bond donors (Lipinski definition) is 0. The summed E-state index contributed by atoms with van der Waals surface area (Å²) in [5, 5.41) is 10.6. The maximum Gasteiger partial charge on any atom is 0.264 e. The summed E-state index contributed by atoms with van der Waals surface area (Å²) in [4.78, 5) is 31.3. The lowest BCUT2D eigenvalue weighted by molar-refractivity contribution is -0.133. The normalized spacial score (nSPS) is 15.0. The van der Waals surface area contributed by atoms with Gasteiger partial charge in [0, 0.05) is 6.42 Å². The number of methoxy groups -OCH3 is 1. The molecule has 0 bridgehead atoms. The van der Waals surface area contributed by atoms with Crippen molar-refractivity contribution in [2.24, 2.45) is 5.10 Å². The van der Waals surface area contributed by atoms with Crippen molar-refractivity contribution in [2.45, 2.75) is 19.0 Å². The lowest BCUT2D eigenvalue weighted by Gasteiger charge is -2.22. The molecule has 1 amide bonds. The van der Waals surface area contributed by atoms with Crippen LogP contribution in [0.25, 0.3) is 16.7 Å². The summed E-state index contributed by atoms with van der Waals surface area (Å²) in [5.74, 6) is -0.0150. The van der Waals surface area contributed by atoms with E-state index < -0.39 is 5.56 Å². The van der Waals surface area contributed by atoms with Crippen LogP contribution in [0.4, 0.5) is 4.39 Å². The molecule has 3 aromatic carbocycles. The third-order valence-corrected chi connectivity index (χ3v) is 6.70. The van der Waals surface area contributed by atoms with Crippen molar-refractivity contribution in [3.63, 3.8) is 0 Å². The zero-order valence-electron chi connectivity index (χ0n) is 20.9. The molecule has 3 heterocycles. The topological polar surface area (TPSA) is 94.6 Å². The molecule has 0 saturated heterocycles. The van der Waals surface area contributed by atoms with Gasteiger partial charge in [-0.05, 0) is 47.5 Å². The van der Waals surface area contributed by atoms with Gasteiger partial charge in [-0.25, -0.2) is 19.1 Å². The van der Waals surface area contributed by atoms with E-state index in [0.29, 0.717) is 23.5 Å². The molecule has 194 valence electrons. The third-order valence-electron chi connectivity index (χ3n) is 6.70. The third kappa shape index (κ3) is 4.56. The van der Waals surface area contributed by atoms with Gasteiger partial charge in [0.25, 0.3) is 11.5 Å². The van der Waals surface area contributed by atoms with Crippen molar-refractivity contribution in [1.82, 2.24) is 24.3 Å². The van der Waals surface area contributed by atoms with Crippen molar-refractivity contribution in [3.05, 3.63) is 119 Å². The maximum atomic E-state index is 13.6. The summed E-state index contributed by atoms with van der Waals surface area (Å²) >= 11 is 0. The molecule has 1 atom stereocenters. The number of carbonyl (C=O) groups excluding carboxylic acids is 1. The molecule has 0 fully saturated rings. The van der Waals surface area contributed by atoms with Crippen LogP contribution >= 0.6 is 0 Å². The fourth-order valence-electron chi connectivity index (χ4n) is 4.68. The molecule has 0 aliphatic carbocycles. The highest BCUT2D eigenvalue weighted by molar-refractivity contribution is 6.03. The molecule has 1 aliphatic heterocycles. The molecular formula is C29H23FN6O3. The lowest BCUT2D eigenvalue weighted by atomic mass is 9.98. The summed E-state index contributed by atoms with van der Waals surface area (Å²) in [6.45, 7) is -0.248. The first-order valence-electron chi connectivity index (χ1n) is 12.3. The van der Waals surface area contributed by atoms with Gasteiger partial charge < -0.3 is 4.74 Å². The number of amides is 1. The van der Waals surface area contributed by atoms with E-state index in [2.05, 4.69) is 15.2 Å². The van der Waals surface area contributed by atoms with Gasteiger partial charge in [-0.15, -0.1) is 0 Å². The number of ether oxygens (including phenoxy) is 1. The second-order valence-electron chi connectivity index (χ2n) is 9.09. The highest BCUT2D eigenvalue weighted by Crippen LogP contribution is 2.33. The van der Waals surface area contributed by atoms with E-state index in [9.17, 15) is 14.0 Å². The first kappa shape index (κ1) is 24.2. The SMILES string of the molecule is COc1ccc(C2CC(c3ccccc3)=NN2C(=O)Cn2cnc3c(cnn3-c3ccc(F)cc3)c2=O)cc1. The van der Waals surface area contributed by atoms with Crippen LogP contribution in [-0.4, -0.2) is 43.1 Å². The molecule has 1 unspecified atom stereocenters. The van der Waals surface area contributed by atoms with Crippen LogP contribution in [0.1, 0.15) is 23.6 Å². The summed E-state index contributed by atoms with van der Waals surface area (Å²) in [5.41, 5.74) is 3.09. The first-order chi connectivity index (χ1) is 19.0. The quantitative estimate of drug-likeness (QED) is 0.335. The minimum Gasteiger partial charge on any atom is -0.497 e. The van der Waals surface area contributed by atoms with Gasteiger partial charge in [-0.3, -0.25) is 14.2 Å². The Morgan fingerprint density at radius 2 is 1.77 bits per heavy atom. The fraction of sp³-hybridized carbons (Fsp3) is 0.138. The molecule has 0 radical (unpaired) electrons. The molecule has 39 heavy (non-hydrogen) atoms. The fourth-order valence-corrected chi connectivity index (χ4v) is 4.68. The van der Waals surface area contributed by atoms with Gasteiger partial charge in [-0.2, -0.15) is 10.2 Å². The molecule has 2 aromatic heterocycles. The van der Waals surface area contributed by atoms with Gasteiger partial charge in [0.15, 0.2) is 5.65 Å². The Hall–Kier alpha value is -5.12. The molecule has 10 heteroatoms. The van der Waals surface area contributed by atoms with Crippen molar-refractivity contribution < 1.29 is 13.9 Å². The second-order valence-corrected chi connectivity index (χ2v) is 9.09. The zero-order chi connectivity index (χ0) is 26.9. The summed E-state index contributed by atoms with van der Waals surface area (Å²) < 4.78 is 21.3. The minimum absolute atomic E-state index is 0.247. The van der Waals surface area contributed by atoms with Crippen LogP contribution in [0.2, 0.25) is 0 Å². The number of hydrogen-bond acceptors (Lipinski definition) is 6. The van der Waals surface area contributed by atoms with Crippen molar-refractivity contribution in [2.75, 3.05) is 7.11 Å². The molecule has 1 aliphatic rings. The summed E-state index contributed by atoms with van der Waals surface area (Å²) in [6, 6.07) is 22.6. The average Bonchev–Trinajstić information content (AvgIpc) is 3.61. The number of hydrazone groups is 1. The average molecular weight is 523 g/mol. The van der Waals surface area contributed by atoms with Crippen LogP contribution in [0, 0.1) is 5.82 Å². The number of nitrogens with zero attached hydrogens (tertiary/aromatic N) is 6. The van der Waals surface area contributed by atoms with Gasteiger partial charge in [0.2, 0.25) is 0 Å². The van der Waals surface area contributed by atoms with Crippen molar-refractivity contribution in [1.29, 1.82) is 0 Å². The van der Waals surface area contributed by atoms with Crippen LogP contribution in [0.15, 0.2) is 101 Å². The van der Waals surface area contributed by atoms with E-state index >= 15 is 0 Å². The highest BCUT2D eigenvalue weighted by Gasteiger charge is 2.33. The number of benzene rings is 3. The molecule has 0 spiro atoms. The summed E-state index contributed by atoms with van der Waals surface area (Å²) in [7, 11) is 1.60. The predicted octanol–water partition coefficient (Wildman–Crippen LogP) is 4.11. The molecule has 9 nitrogen and oxygen atoms in total. The Morgan fingerprint density at radius 1 is 1.03 bits per heavy atom. The lowest BCUT2D eigenvalue weighted by Crippen LogP contribution is -2.34. The van der Waals surface area contributed by atoms with E-state index in [-0.39, 0.29) is 29.7 Å². The molecule has 0 N–H and O–H groups in total. The predicted molar refractivity (Wildman–Crippen MR) is 143 cm³/mol. The Bertz CT molecular complexity index is 1740. The number of rotatable bonds is 6. The van der Waals surface area contributed by atoms with E-state index in [1.165, 1.54) is 38.9 Å². The van der Waals surface area contributed by atoms with Crippen LogP contribution < -0.4 is 10.3 Å². The first-order valence-corrected chi connectivity index (χ1v) is 12.3. The Kier molecular flexibility index (Phi) is 6.20. The van der Waals surface area contributed by atoms with Gasteiger partial charge in [0.1, 0.15) is 29.8 Å². The Morgan fingerprint density at radius 3 is 2.49 bits per heavy atom. The Labute approximate surface area is 222 Å². The highest BCUT2D eigenvalue weighted by atomic mass is 19.1. The van der Waals surface area contributed by atoms with Crippen LogP contribution in [-0.2, 0) is 11.3 Å². The number of aromatic nitrogens is 4. The maximum absolute atomic E-state index is 13.6. The van der Waals surface area contributed by atoms with Gasteiger partial charge in [0.05, 0.1) is 30.7 Å². The summed E-state index contributed by atoms with van der Waals surface area (Å²) in [6.07, 6.45) is 3.25. The zero-order valence-corrected chi connectivity index (χ0v) is 20.9. The Balaban J connectivity index is 1.32. The number of fused-ring (bicyclic) bond motifs is 1. The molecular weight excluding hydrogens is 499 g/mol. The van der Waals surface area contributed by atoms with Crippen molar-refractivity contribution in [3.8, 4) is 11.4 Å². The molecule has 0 saturated carbocycles. The van der Waals surface area contributed by atoms with Crippen LogP contribution in [0.5, 0.6) is 5.75 Å². The standard InChI is InChI=1S/C29H23FN6O3/c1-39-23-13-7-20(8-14-23)26-15-25(19-5-3-2-4-6-19)33-36(26)27(37)17-34-18-31-28-24(29(34)38)16-32-35(28)22-11-9-21(30)10-12-22/h2-14,16,18,26H,15,17H2,1H3. The van der Waals surface area contributed by atoms with Crippen LogP contribution in [0.3, 0.4) is 0 Å². The second kappa shape index (κ2) is 9.97. The number of carbonyl (C=O) groups is 1. The molecule has 5 aromatic rings. The van der Waals surface area contributed by atoms with E-state index in [1.807, 2.05) is 54.6 Å². The van der Waals surface area contributed by atoms with E-state index in [4.69, 9.17) is 4.74 Å². The van der Waals surface area contributed by atoms with E-state index in [1.54, 1.807) is 19.2 Å².